The van der Waals surface area contributed by atoms with Crippen LogP contribution in [0.3, 0.4) is 0 Å². The molecule has 0 saturated carbocycles. The zero-order chi connectivity index (χ0) is 25.5. The Kier molecular flexibility index (Phi) is 7.92. The van der Waals surface area contributed by atoms with Crippen molar-refractivity contribution in [1.29, 1.82) is 0 Å². The summed E-state index contributed by atoms with van der Waals surface area (Å²) in [6.07, 6.45) is 4.04. The standard InChI is InChI=1S/C25H36Cl3N3O3/c1-22(2)15-18(16-34-31-23(3,4)13-8-14-24(31,5)6)30(29-21(32)25(26,27)28)20(22)17-9-11-19(33-7)12-10-17/h9-12,18H,8,13-16H2,1-7H3/p+1. The van der Waals surface area contributed by atoms with Crippen LogP contribution in [-0.4, -0.2) is 56.0 Å². The number of methoxy groups -OCH3 is 1. The Morgan fingerprint density at radius 2 is 1.65 bits per heavy atom. The third kappa shape index (κ3) is 5.84. The van der Waals surface area contributed by atoms with Crippen LogP contribution in [0.15, 0.2) is 24.3 Å². The summed E-state index contributed by atoms with van der Waals surface area (Å²) in [5.74, 6) is 0.0521. The number of nitrogens with one attached hydrogen (secondary N) is 1. The van der Waals surface area contributed by atoms with E-state index in [4.69, 9.17) is 44.4 Å². The van der Waals surface area contributed by atoms with Crippen molar-refractivity contribution in [3.8, 4) is 5.75 Å². The molecule has 1 fully saturated rings. The average Bonchev–Trinajstić information content (AvgIpc) is 2.95. The Morgan fingerprint density at radius 1 is 1.09 bits per heavy atom. The molecule has 1 aromatic rings. The summed E-state index contributed by atoms with van der Waals surface area (Å²) in [5.41, 5.74) is 4.30. The lowest BCUT2D eigenvalue weighted by Crippen LogP contribution is -2.59. The van der Waals surface area contributed by atoms with Crippen molar-refractivity contribution in [1.82, 2.24) is 10.5 Å². The van der Waals surface area contributed by atoms with Crippen LogP contribution in [0.25, 0.3) is 0 Å². The molecule has 0 spiro atoms. The zero-order valence-electron chi connectivity index (χ0n) is 21.2. The van der Waals surface area contributed by atoms with Gasteiger partial charge in [0.15, 0.2) is 0 Å². The van der Waals surface area contributed by atoms with E-state index in [0.29, 0.717) is 6.61 Å². The molecule has 34 heavy (non-hydrogen) atoms. The van der Waals surface area contributed by atoms with E-state index in [2.05, 4.69) is 52.0 Å². The number of rotatable bonds is 6. The van der Waals surface area contributed by atoms with Crippen LogP contribution in [-0.2, 0) is 9.63 Å². The maximum Gasteiger partial charge on any atom is 0.325 e. The third-order valence-corrected chi connectivity index (χ3v) is 7.42. The van der Waals surface area contributed by atoms with Gasteiger partial charge in [0.25, 0.3) is 3.79 Å². The fraction of sp³-hybridized carbons (Fsp3) is 0.680. The highest BCUT2D eigenvalue weighted by molar-refractivity contribution is 6.76. The normalized spacial score (nSPS) is 24.2. The summed E-state index contributed by atoms with van der Waals surface area (Å²) in [6, 6.07) is 7.60. The van der Waals surface area contributed by atoms with E-state index >= 15 is 0 Å². The number of nitrogens with zero attached hydrogens (tertiary/aromatic N) is 2. The van der Waals surface area contributed by atoms with Gasteiger partial charge in [-0.2, -0.15) is 5.06 Å². The molecular formula is C25H37Cl3N3O3+. The number of carbonyl (C=O) groups is 1. The van der Waals surface area contributed by atoms with E-state index in [0.717, 1.165) is 42.7 Å². The molecule has 1 N–H and O–H groups in total. The number of hydrogen-bond acceptors (Lipinski definition) is 4. The maximum absolute atomic E-state index is 12.7. The van der Waals surface area contributed by atoms with Crippen molar-refractivity contribution in [2.24, 2.45) is 5.41 Å². The number of alkyl halides is 3. The number of piperidine rings is 1. The van der Waals surface area contributed by atoms with E-state index in [1.165, 1.54) is 0 Å². The summed E-state index contributed by atoms with van der Waals surface area (Å²) in [5, 5.41) is 2.14. The molecule has 1 amide bonds. The van der Waals surface area contributed by atoms with Crippen molar-refractivity contribution in [2.75, 3.05) is 13.7 Å². The Bertz CT molecular complexity index is 921. The van der Waals surface area contributed by atoms with Gasteiger partial charge in [-0.25, -0.2) is 0 Å². The van der Waals surface area contributed by atoms with Crippen molar-refractivity contribution < 1.29 is 19.1 Å². The molecule has 1 saturated heterocycles. The van der Waals surface area contributed by atoms with Crippen LogP contribution in [0.4, 0.5) is 0 Å². The fourth-order valence-corrected chi connectivity index (χ4v) is 5.63. The summed E-state index contributed by atoms with van der Waals surface area (Å²) in [4.78, 5) is 19.3. The average molecular weight is 534 g/mol. The lowest BCUT2D eigenvalue weighted by atomic mass is 9.81. The highest BCUT2D eigenvalue weighted by Gasteiger charge is 2.51. The maximum atomic E-state index is 12.7. The molecule has 3 rings (SSSR count). The SMILES string of the molecule is COc1ccc(C2=[N+](NC(=O)C(Cl)(Cl)Cl)C(CON3C(C)(C)CCCC3(C)C)CC2(C)C)cc1. The summed E-state index contributed by atoms with van der Waals surface area (Å²) in [6.45, 7) is 13.5. The second-order valence-corrected chi connectivity index (χ2v) is 13.5. The minimum absolute atomic E-state index is 0.0932. The fourth-order valence-electron chi connectivity index (χ4n) is 5.50. The topological polar surface area (TPSA) is 53.8 Å². The molecule has 0 aromatic heterocycles. The predicted octanol–water partition coefficient (Wildman–Crippen LogP) is 5.67. The van der Waals surface area contributed by atoms with Gasteiger partial charge in [0.1, 0.15) is 12.4 Å². The largest absolute Gasteiger partial charge is 0.497 e. The molecular weight excluding hydrogens is 497 g/mol. The molecule has 190 valence electrons. The van der Waals surface area contributed by atoms with Crippen LogP contribution >= 0.6 is 34.8 Å². The molecule has 1 unspecified atom stereocenters. The third-order valence-electron chi connectivity index (χ3n) is 6.91. The zero-order valence-corrected chi connectivity index (χ0v) is 23.4. The van der Waals surface area contributed by atoms with Gasteiger partial charge in [-0.05, 0) is 85.1 Å². The molecule has 2 aliphatic heterocycles. The van der Waals surface area contributed by atoms with Gasteiger partial charge in [-0.3, -0.25) is 9.63 Å². The molecule has 9 heteroatoms. The Morgan fingerprint density at radius 3 is 2.15 bits per heavy atom. The van der Waals surface area contributed by atoms with Crippen LogP contribution in [0.5, 0.6) is 5.75 Å². The Labute approximate surface area is 218 Å². The molecule has 0 bridgehead atoms. The molecule has 0 radical (unpaired) electrons. The van der Waals surface area contributed by atoms with Crippen LogP contribution in [0.1, 0.15) is 72.8 Å². The Hall–Kier alpha value is -1.05. The van der Waals surface area contributed by atoms with Gasteiger partial charge < -0.3 is 4.74 Å². The lowest BCUT2D eigenvalue weighted by molar-refractivity contribution is -0.608. The highest BCUT2D eigenvalue weighted by Crippen LogP contribution is 2.40. The van der Waals surface area contributed by atoms with Crippen LogP contribution in [0.2, 0.25) is 0 Å². The smallest absolute Gasteiger partial charge is 0.325 e. The minimum Gasteiger partial charge on any atom is -0.497 e. The number of hydrogen-bond donors (Lipinski definition) is 1. The highest BCUT2D eigenvalue weighted by atomic mass is 35.6. The first-order valence-electron chi connectivity index (χ1n) is 11.7. The van der Waals surface area contributed by atoms with E-state index < -0.39 is 9.70 Å². The van der Waals surface area contributed by atoms with Gasteiger partial charge in [0.05, 0.1) is 12.5 Å². The number of benzene rings is 1. The molecule has 0 aliphatic carbocycles. The Balaban J connectivity index is 1.98. The van der Waals surface area contributed by atoms with E-state index in [-0.39, 0.29) is 22.5 Å². The molecule has 1 aromatic carbocycles. The van der Waals surface area contributed by atoms with Crippen molar-refractivity contribution >= 4 is 46.4 Å². The number of hydrazine groups is 1. The molecule has 1 atom stereocenters. The van der Waals surface area contributed by atoms with Gasteiger partial charge in [-0.15, -0.1) is 10.1 Å². The number of carbonyl (C=O) groups excluding carboxylic acids is 1. The molecule has 2 aliphatic rings. The van der Waals surface area contributed by atoms with Gasteiger partial charge in [0, 0.05) is 23.1 Å². The van der Waals surface area contributed by atoms with E-state index in [9.17, 15) is 4.79 Å². The molecule has 2 heterocycles. The van der Waals surface area contributed by atoms with Crippen molar-refractivity contribution in [3.05, 3.63) is 29.8 Å². The van der Waals surface area contributed by atoms with Gasteiger partial charge in [-0.1, -0.05) is 34.8 Å². The van der Waals surface area contributed by atoms with Crippen LogP contribution < -0.4 is 10.2 Å². The lowest BCUT2D eigenvalue weighted by Gasteiger charge is -2.51. The summed E-state index contributed by atoms with van der Waals surface area (Å²) < 4.78 is 5.06. The number of hydroxylamine groups is 2. The van der Waals surface area contributed by atoms with Crippen molar-refractivity contribution in [2.45, 2.75) is 88.1 Å². The second-order valence-electron chi connectivity index (χ2n) is 11.2. The number of hydrazone groups is 1. The quantitative estimate of drug-likeness (QED) is 0.378. The van der Waals surface area contributed by atoms with E-state index in [1.54, 1.807) is 7.11 Å². The second kappa shape index (κ2) is 9.78. The van der Waals surface area contributed by atoms with Crippen molar-refractivity contribution in [3.63, 3.8) is 0 Å². The number of halogens is 3. The summed E-state index contributed by atoms with van der Waals surface area (Å²) >= 11 is 17.7. The first-order chi connectivity index (χ1) is 15.6. The summed E-state index contributed by atoms with van der Waals surface area (Å²) in [7, 11) is 1.63. The number of ether oxygens (including phenoxy) is 1. The van der Waals surface area contributed by atoms with E-state index in [1.807, 2.05) is 28.9 Å². The predicted molar refractivity (Wildman–Crippen MR) is 138 cm³/mol. The first kappa shape index (κ1) is 27.5. The van der Waals surface area contributed by atoms with Gasteiger partial charge >= 0.3 is 5.91 Å². The minimum atomic E-state index is -2.08. The first-order valence-corrected chi connectivity index (χ1v) is 12.8. The van der Waals surface area contributed by atoms with Gasteiger partial charge in [0.2, 0.25) is 11.8 Å². The number of amides is 1. The van der Waals surface area contributed by atoms with Crippen LogP contribution in [0, 0.1) is 5.41 Å². The monoisotopic (exact) mass is 532 g/mol. The molecule has 6 nitrogen and oxygen atoms in total.